The Morgan fingerprint density at radius 2 is 1.56 bits per heavy atom. The number of esters is 1. The van der Waals surface area contributed by atoms with E-state index in [4.69, 9.17) is 42.6 Å². The Morgan fingerprint density at radius 3 is 2.20 bits per heavy atom. The summed E-state index contributed by atoms with van der Waals surface area (Å²) in [4.78, 5) is 33.6. The Labute approximate surface area is 256 Å². The van der Waals surface area contributed by atoms with Gasteiger partial charge >= 0.3 is 13.6 Å². The van der Waals surface area contributed by atoms with Crippen molar-refractivity contribution in [2.75, 3.05) is 34.2 Å². The molecular formula is C29H33O15P. The molecule has 4 N–H and O–H groups in total. The Kier molecular flexibility index (Phi) is 7.75. The summed E-state index contributed by atoms with van der Waals surface area (Å²) >= 11 is 0. The van der Waals surface area contributed by atoms with Crippen LogP contribution in [0.1, 0.15) is 35.6 Å². The number of hydrogen-bond donors (Lipinski definition) is 4. The summed E-state index contributed by atoms with van der Waals surface area (Å²) < 4.78 is 63.8. The molecule has 2 aromatic carbocycles. The van der Waals surface area contributed by atoms with Gasteiger partial charge in [-0.05, 0) is 47.9 Å². The minimum atomic E-state index is -4.83. The quantitative estimate of drug-likeness (QED) is 0.247. The first kappa shape index (κ1) is 30.7. The summed E-state index contributed by atoms with van der Waals surface area (Å²) in [6, 6.07) is 6.39. The van der Waals surface area contributed by atoms with Crippen LogP contribution in [-0.2, 0) is 33.0 Å². The van der Waals surface area contributed by atoms with Crippen molar-refractivity contribution in [2.24, 2.45) is 11.8 Å². The lowest BCUT2D eigenvalue weighted by Crippen LogP contribution is -2.63. The van der Waals surface area contributed by atoms with Crippen LogP contribution in [0, 0.1) is 11.8 Å². The van der Waals surface area contributed by atoms with Gasteiger partial charge in [0.25, 0.3) is 0 Å². The van der Waals surface area contributed by atoms with E-state index >= 15 is 0 Å². The van der Waals surface area contributed by atoms with E-state index in [-0.39, 0.29) is 31.5 Å². The van der Waals surface area contributed by atoms with Crippen LogP contribution in [0.2, 0.25) is 0 Å². The fourth-order valence-electron chi connectivity index (χ4n) is 7.02. The third-order valence-electron chi connectivity index (χ3n) is 9.04. The second-order valence-corrected chi connectivity index (χ2v) is 13.1. The molecule has 15 nitrogen and oxygen atoms in total. The van der Waals surface area contributed by atoms with Gasteiger partial charge in [-0.3, -0.25) is 9.36 Å². The monoisotopic (exact) mass is 652 g/mol. The average Bonchev–Trinajstić information content (AvgIpc) is 3.63. The van der Waals surface area contributed by atoms with Crippen molar-refractivity contribution in [3.8, 4) is 23.0 Å². The largest absolute Gasteiger partial charge is 0.496 e. The zero-order valence-corrected chi connectivity index (χ0v) is 25.3. The number of hydrogen-bond acceptors (Lipinski definition) is 13. The highest BCUT2D eigenvalue weighted by Crippen LogP contribution is 2.57. The van der Waals surface area contributed by atoms with Crippen LogP contribution in [0.5, 0.6) is 23.0 Å². The van der Waals surface area contributed by atoms with Gasteiger partial charge in [0.1, 0.15) is 41.2 Å². The maximum atomic E-state index is 13.5. The summed E-state index contributed by atoms with van der Waals surface area (Å²) in [7, 11) is -2.27. The summed E-state index contributed by atoms with van der Waals surface area (Å²) in [5, 5.41) is 21.6. The van der Waals surface area contributed by atoms with E-state index in [1.165, 1.54) is 26.4 Å². The second-order valence-electron chi connectivity index (χ2n) is 11.5. The first-order valence-electron chi connectivity index (χ1n) is 14.4. The topological polar surface area (TPSA) is 198 Å². The number of aliphatic hydroxyl groups is 2. The normalized spacial score (nSPS) is 35.2. The fraction of sp³-hybridized carbons (Fsp3) is 0.552. The molecule has 3 fully saturated rings. The number of carbonyl (C=O) groups is 1. The summed E-state index contributed by atoms with van der Waals surface area (Å²) in [5.74, 6) is -2.08. The van der Waals surface area contributed by atoms with Crippen molar-refractivity contribution >= 4 is 18.9 Å². The maximum Gasteiger partial charge on any atom is 0.363 e. The van der Waals surface area contributed by atoms with Gasteiger partial charge in [-0.2, -0.15) is 0 Å². The van der Waals surface area contributed by atoms with Gasteiger partial charge in [0.2, 0.25) is 6.79 Å². The molecule has 10 atom stereocenters. The standard InChI is InChI=1S/C29H33O15P/c1-11-38-9-20-26(42-11)23(30)24(31)29(43-20)44-25-14-7-17-16(40-10-41-17)6-13(14)21(22-15(25)8-39-28(22)32)12-4-18(36-2)27(45(33,34)35)19(5-12)37-3/h4-7,11,15,20-26,29-31H,8-10H2,1-3H3,(H2,33,34,35)/t11?,15-,20?,21+,22-,23?,24?,25+,26?,29?/m0/s1. The summed E-state index contributed by atoms with van der Waals surface area (Å²) in [6.07, 6.45) is -7.16. The number of fused-ring (bicyclic) bond motifs is 4. The van der Waals surface area contributed by atoms with Gasteiger partial charge in [0.15, 0.2) is 24.1 Å². The van der Waals surface area contributed by atoms with Gasteiger partial charge in [0, 0.05) is 11.8 Å². The third-order valence-corrected chi connectivity index (χ3v) is 10.1. The zero-order chi connectivity index (χ0) is 31.8. The van der Waals surface area contributed by atoms with Crippen LogP contribution < -0.4 is 24.3 Å². The molecule has 6 unspecified atom stereocenters. The molecule has 244 valence electrons. The van der Waals surface area contributed by atoms with E-state index < -0.39 is 79.7 Å². The Hall–Kier alpha value is -2.98. The van der Waals surface area contributed by atoms with E-state index in [1.54, 1.807) is 19.1 Å². The van der Waals surface area contributed by atoms with Crippen LogP contribution in [0.15, 0.2) is 24.3 Å². The minimum Gasteiger partial charge on any atom is -0.496 e. The molecular weight excluding hydrogens is 619 g/mol. The molecule has 4 aliphatic heterocycles. The van der Waals surface area contributed by atoms with Gasteiger partial charge in [0.05, 0.1) is 39.5 Å². The highest BCUT2D eigenvalue weighted by molar-refractivity contribution is 7.60. The molecule has 5 aliphatic rings. The first-order chi connectivity index (χ1) is 21.5. The van der Waals surface area contributed by atoms with Crippen molar-refractivity contribution < 1.29 is 72.0 Å². The second kappa shape index (κ2) is 11.4. The molecule has 45 heavy (non-hydrogen) atoms. The predicted octanol–water partition coefficient (Wildman–Crippen LogP) is 0.436. The molecule has 7 rings (SSSR count). The molecule has 0 spiro atoms. The molecule has 16 heteroatoms. The van der Waals surface area contributed by atoms with Crippen molar-refractivity contribution in [1.29, 1.82) is 0 Å². The van der Waals surface area contributed by atoms with Gasteiger partial charge in [-0.25, -0.2) is 0 Å². The predicted molar refractivity (Wildman–Crippen MR) is 148 cm³/mol. The molecule has 0 amide bonds. The van der Waals surface area contributed by atoms with E-state index in [0.717, 1.165) is 0 Å². The summed E-state index contributed by atoms with van der Waals surface area (Å²) in [6.45, 7) is 1.73. The van der Waals surface area contributed by atoms with Crippen molar-refractivity contribution in [3.63, 3.8) is 0 Å². The van der Waals surface area contributed by atoms with E-state index in [9.17, 15) is 29.4 Å². The van der Waals surface area contributed by atoms with Crippen molar-refractivity contribution in [1.82, 2.24) is 0 Å². The van der Waals surface area contributed by atoms with Gasteiger partial charge in [-0.1, -0.05) is 0 Å². The molecule has 4 heterocycles. The highest BCUT2D eigenvalue weighted by Gasteiger charge is 2.56. The van der Waals surface area contributed by atoms with Crippen LogP contribution in [-0.4, -0.2) is 97.2 Å². The first-order valence-corrected chi connectivity index (χ1v) is 16.0. The Morgan fingerprint density at radius 1 is 0.889 bits per heavy atom. The zero-order valence-electron chi connectivity index (χ0n) is 24.4. The Balaban J connectivity index is 1.33. The van der Waals surface area contributed by atoms with Gasteiger partial charge < -0.3 is 62.6 Å². The molecule has 2 aromatic rings. The maximum absolute atomic E-state index is 13.5. The average molecular weight is 653 g/mol. The number of cyclic esters (lactones) is 1. The van der Waals surface area contributed by atoms with Crippen LogP contribution in [0.25, 0.3) is 0 Å². The number of ether oxygens (including phenoxy) is 9. The third kappa shape index (κ3) is 5.07. The number of benzene rings is 2. The Bertz CT molecular complexity index is 1510. The van der Waals surface area contributed by atoms with Crippen LogP contribution in [0.4, 0.5) is 0 Å². The van der Waals surface area contributed by atoms with Crippen LogP contribution >= 0.6 is 7.60 Å². The smallest absolute Gasteiger partial charge is 0.363 e. The molecule has 0 bridgehead atoms. The molecule has 0 aromatic heterocycles. The lowest BCUT2D eigenvalue weighted by atomic mass is 9.66. The highest BCUT2D eigenvalue weighted by atomic mass is 31.2. The SMILES string of the molecule is COc1cc([C@@H]2c3cc4c(cc3[C@@H](OC3OC5COC(C)OC5C(O)C3O)[C@H]3COC(=O)[C@H]23)OCO4)cc(OC)c1P(=O)(O)O. The van der Waals surface area contributed by atoms with Crippen LogP contribution in [0.3, 0.4) is 0 Å². The fourth-order valence-corrected chi connectivity index (χ4v) is 7.91. The molecule has 0 radical (unpaired) electrons. The van der Waals surface area contributed by atoms with E-state index in [2.05, 4.69) is 0 Å². The van der Waals surface area contributed by atoms with Gasteiger partial charge in [-0.15, -0.1) is 0 Å². The number of rotatable bonds is 6. The van der Waals surface area contributed by atoms with Crippen molar-refractivity contribution in [3.05, 3.63) is 41.0 Å². The number of carbonyl (C=O) groups excluding carboxylic acids is 1. The summed E-state index contributed by atoms with van der Waals surface area (Å²) in [5.41, 5.74) is 1.63. The lowest BCUT2D eigenvalue weighted by molar-refractivity contribution is -0.364. The molecule has 3 saturated heterocycles. The van der Waals surface area contributed by atoms with E-state index in [1.807, 2.05) is 0 Å². The number of aliphatic hydroxyl groups excluding tert-OH is 2. The lowest BCUT2D eigenvalue weighted by Gasteiger charge is -2.47. The van der Waals surface area contributed by atoms with Crippen molar-refractivity contribution in [2.45, 2.75) is 55.9 Å². The molecule has 1 aliphatic carbocycles. The number of methoxy groups -OCH3 is 2. The van der Waals surface area contributed by atoms with E-state index in [0.29, 0.717) is 28.2 Å². The molecule has 0 saturated carbocycles. The minimum absolute atomic E-state index is 0.0277.